The topological polar surface area (TPSA) is 30.7 Å². The third kappa shape index (κ3) is 3.59. The van der Waals surface area contributed by atoms with Gasteiger partial charge in [-0.05, 0) is 34.3 Å². The fourth-order valence-electron chi connectivity index (χ4n) is 3.33. The predicted molar refractivity (Wildman–Crippen MR) is 90.8 cm³/mol. The number of alkyl halides is 1. The Labute approximate surface area is 139 Å². The molecule has 2 aromatic rings. The summed E-state index contributed by atoms with van der Waals surface area (Å²) in [5.74, 6) is 2.55. The molecule has 2 aromatic heterocycles. The first-order valence-corrected chi connectivity index (χ1v) is 9.17. The highest BCUT2D eigenvalue weighted by Crippen LogP contribution is 2.28. The van der Waals surface area contributed by atoms with Crippen LogP contribution in [-0.4, -0.2) is 20.4 Å². The van der Waals surface area contributed by atoms with Crippen LogP contribution in [0.1, 0.15) is 44.3 Å². The van der Waals surface area contributed by atoms with Gasteiger partial charge in [0.25, 0.3) is 0 Å². The van der Waals surface area contributed by atoms with Crippen molar-refractivity contribution in [3.63, 3.8) is 0 Å². The number of hydrogen-bond donors (Lipinski definition) is 0. The zero-order valence-corrected chi connectivity index (χ0v) is 14.5. The van der Waals surface area contributed by atoms with E-state index in [0.29, 0.717) is 5.88 Å². The van der Waals surface area contributed by atoms with E-state index in [9.17, 15) is 0 Å². The minimum Gasteiger partial charge on any atom is -0.313 e. The molecule has 3 rings (SSSR count). The van der Waals surface area contributed by atoms with Gasteiger partial charge in [-0.2, -0.15) is 0 Å². The van der Waals surface area contributed by atoms with Crippen LogP contribution in [0.5, 0.6) is 0 Å². The summed E-state index contributed by atoms with van der Waals surface area (Å²) in [4.78, 5) is 9.27. The Balaban J connectivity index is 1.82. The molecule has 0 radical (unpaired) electrons. The third-order valence-electron chi connectivity index (χ3n) is 4.43. The Kier molecular flexibility index (Phi) is 5.17. The number of fused-ring (bicyclic) bond motifs is 1. The van der Waals surface area contributed by atoms with Gasteiger partial charge >= 0.3 is 0 Å². The molecule has 1 fully saturated rings. The van der Waals surface area contributed by atoms with Crippen molar-refractivity contribution in [1.82, 2.24) is 14.5 Å². The predicted octanol–water partition coefficient (Wildman–Crippen LogP) is 4.95. The van der Waals surface area contributed by atoms with Gasteiger partial charge in [0.05, 0.1) is 0 Å². The molecule has 5 heteroatoms. The van der Waals surface area contributed by atoms with E-state index in [2.05, 4.69) is 25.5 Å². The fourth-order valence-corrected chi connectivity index (χ4v) is 3.82. The largest absolute Gasteiger partial charge is 0.313 e. The molecule has 0 unspecified atom stereocenters. The second-order valence-electron chi connectivity index (χ2n) is 5.91. The standard InChI is InChI=1S/C16H21BrClN3/c17-13-10-14-16(19-11-13)21(15(20-14)6-8-18)9-7-12-4-2-1-3-5-12/h10-12H,1-9H2. The van der Waals surface area contributed by atoms with Crippen LogP contribution in [0.3, 0.4) is 0 Å². The fraction of sp³-hybridized carbons (Fsp3) is 0.625. The molecular weight excluding hydrogens is 350 g/mol. The summed E-state index contributed by atoms with van der Waals surface area (Å²) < 4.78 is 3.25. The van der Waals surface area contributed by atoms with Crippen LogP contribution < -0.4 is 0 Å². The zero-order valence-electron chi connectivity index (χ0n) is 12.2. The number of aromatic nitrogens is 3. The van der Waals surface area contributed by atoms with E-state index in [1.54, 1.807) is 0 Å². The SMILES string of the molecule is ClCCc1nc2cc(Br)cnc2n1CCC1CCCCC1. The molecule has 1 aliphatic carbocycles. The minimum absolute atomic E-state index is 0.605. The Morgan fingerprint density at radius 1 is 1.29 bits per heavy atom. The number of pyridine rings is 1. The normalized spacial score (nSPS) is 16.7. The van der Waals surface area contributed by atoms with Crippen molar-refractivity contribution < 1.29 is 0 Å². The van der Waals surface area contributed by atoms with Crippen LogP contribution in [0.15, 0.2) is 16.7 Å². The minimum atomic E-state index is 0.605. The highest BCUT2D eigenvalue weighted by Gasteiger charge is 2.16. The van der Waals surface area contributed by atoms with E-state index in [1.165, 1.54) is 38.5 Å². The van der Waals surface area contributed by atoms with E-state index in [1.807, 2.05) is 12.3 Å². The highest BCUT2D eigenvalue weighted by atomic mass is 79.9. The molecule has 0 bridgehead atoms. The van der Waals surface area contributed by atoms with Crippen molar-refractivity contribution >= 4 is 38.7 Å². The van der Waals surface area contributed by atoms with Gasteiger partial charge in [-0.25, -0.2) is 9.97 Å². The number of halogens is 2. The lowest BCUT2D eigenvalue weighted by Crippen LogP contribution is -2.12. The molecule has 0 N–H and O–H groups in total. The van der Waals surface area contributed by atoms with E-state index in [-0.39, 0.29) is 0 Å². The summed E-state index contributed by atoms with van der Waals surface area (Å²) in [5, 5.41) is 0. The average Bonchev–Trinajstić information content (AvgIpc) is 2.83. The number of rotatable bonds is 5. The van der Waals surface area contributed by atoms with Gasteiger partial charge in [0, 0.05) is 29.5 Å². The summed E-state index contributed by atoms with van der Waals surface area (Å²) in [5.41, 5.74) is 1.96. The molecule has 0 amide bonds. The van der Waals surface area contributed by atoms with Crippen molar-refractivity contribution in [2.45, 2.75) is 51.5 Å². The second-order valence-corrected chi connectivity index (χ2v) is 7.20. The summed E-state index contributed by atoms with van der Waals surface area (Å²) in [6.45, 7) is 1.02. The van der Waals surface area contributed by atoms with Gasteiger partial charge in [-0.1, -0.05) is 32.1 Å². The van der Waals surface area contributed by atoms with Crippen LogP contribution in [-0.2, 0) is 13.0 Å². The van der Waals surface area contributed by atoms with Crippen LogP contribution in [0.25, 0.3) is 11.2 Å². The van der Waals surface area contributed by atoms with Crippen molar-refractivity contribution in [1.29, 1.82) is 0 Å². The Hall–Kier alpha value is -0.610. The van der Waals surface area contributed by atoms with Crippen LogP contribution in [0.2, 0.25) is 0 Å². The lowest BCUT2D eigenvalue weighted by molar-refractivity contribution is 0.324. The maximum absolute atomic E-state index is 5.93. The molecule has 0 saturated heterocycles. The van der Waals surface area contributed by atoms with E-state index in [4.69, 9.17) is 16.6 Å². The average molecular weight is 371 g/mol. The van der Waals surface area contributed by atoms with Crippen LogP contribution >= 0.6 is 27.5 Å². The molecule has 0 aromatic carbocycles. The van der Waals surface area contributed by atoms with Crippen LogP contribution in [0, 0.1) is 5.92 Å². The Morgan fingerprint density at radius 3 is 2.86 bits per heavy atom. The molecule has 3 nitrogen and oxygen atoms in total. The molecule has 21 heavy (non-hydrogen) atoms. The number of nitrogens with zero attached hydrogens (tertiary/aromatic N) is 3. The lowest BCUT2D eigenvalue weighted by atomic mass is 9.87. The van der Waals surface area contributed by atoms with Gasteiger partial charge in [0.15, 0.2) is 5.65 Å². The Morgan fingerprint density at radius 2 is 2.10 bits per heavy atom. The smallest absolute Gasteiger partial charge is 0.160 e. The van der Waals surface area contributed by atoms with Crippen molar-refractivity contribution in [3.8, 4) is 0 Å². The molecule has 114 valence electrons. The van der Waals surface area contributed by atoms with Gasteiger partial charge in [0.1, 0.15) is 11.3 Å². The Bertz CT molecular complexity index is 605. The molecule has 0 atom stereocenters. The number of aryl methyl sites for hydroxylation is 2. The van der Waals surface area contributed by atoms with Crippen molar-refractivity contribution in [2.24, 2.45) is 5.92 Å². The van der Waals surface area contributed by atoms with E-state index >= 15 is 0 Å². The first-order chi connectivity index (χ1) is 10.3. The van der Waals surface area contributed by atoms with Crippen molar-refractivity contribution in [2.75, 3.05) is 5.88 Å². The van der Waals surface area contributed by atoms with Gasteiger partial charge in [-0.15, -0.1) is 11.6 Å². The van der Waals surface area contributed by atoms with E-state index < -0.39 is 0 Å². The second kappa shape index (κ2) is 7.10. The maximum Gasteiger partial charge on any atom is 0.160 e. The third-order valence-corrected chi connectivity index (χ3v) is 5.06. The van der Waals surface area contributed by atoms with Crippen LogP contribution in [0.4, 0.5) is 0 Å². The highest BCUT2D eigenvalue weighted by molar-refractivity contribution is 9.10. The molecule has 1 aliphatic rings. The maximum atomic E-state index is 5.93. The molecule has 0 spiro atoms. The zero-order chi connectivity index (χ0) is 14.7. The van der Waals surface area contributed by atoms with Gasteiger partial charge < -0.3 is 4.57 Å². The van der Waals surface area contributed by atoms with Gasteiger partial charge in [0.2, 0.25) is 0 Å². The monoisotopic (exact) mass is 369 g/mol. The first-order valence-electron chi connectivity index (χ1n) is 7.84. The molecule has 0 aliphatic heterocycles. The molecule has 1 saturated carbocycles. The number of imidazole rings is 1. The molecule has 2 heterocycles. The van der Waals surface area contributed by atoms with E-state index in [0.717, 1.165) is 40.3 Å². The van der Waals surface area contributed by atoms with Gasteiger partial charge in [-0.3, -0.25) is 0 Å². The summed E-state index contributed by atoms with van der Waals surface area (Å²) in [7, 11) is 0. The summed E-state index contributed by atoms with van der Waals surface area (Å²) in [6.07, 6.45) is 10.9. The molecular formula is C16H21BrClN3. The summed E-state index contributed by atoms with van der Waals surface area (Å²) >= 11 is 9.40. The quantitative estimate of drug-likeness (QED) is 0.697. The summed E-state index contributed by atoms with van der Waals surface area (Å²) in [6, 6.07) is 2.04. The number of hydrogen-bond acceptors (Lipinski definition) is 2. The first kappa shape index (κ1) is 15.3. The lowest BCUT2D eigenvalue weighted by Gasteiger charge is -2.22. The van der Waals surface area contributed by atoms with Crippen molar-refractivity contribution in [3.05, 3.63) is 22.6 Å².